The van der Waals surface area contributed by atoms with Crippen molar-refractivity contribution in [1.29, 1.82) is 0 Å². The molecule has 140 valence electrons. The van der Waals surface area contributed by atoms with Gasteiger partial charge in [-0.1, -0.05) is 24.3 Å². The van der Waals surface area contributed by atoms with Crippen molar-refractivity contribution < 1.29 is 14.0 Å². The van der Waals surface area contributed by atoms with Crippen molar-refractivity contribution >= 4 is 17.5 Å². The van der Waals surface area contributed by atoms with Crippen molar-refractivity contribution in [2.75, 3.05) is 11.4 Å². The van der Waals surface area contributed by atoms with Gasteiger partial charge >= 0.3 is 0 Å². The minimum Gasteiger partial charge on any atom is -0.329 e. The number of carbonyl (C=O) groups excluding carboxylic acids is 2. The molecule has 5 heteroatoms. The minimum atomic E-state index is -0.344. The molecular weight excluding hydrogens is 343 g/mol. The Hall–Kier alpha value is -2.69. The Balaban J connectivity index is 1.63. The summed E-state index contributed by atoms with van der Waals surface area (Å²) in [4.78, 5) is 28.9. The van der Waals surface area contributed by atoms with Gasteiger partial charge in [0, 0.05) is 35.8 Å². The Morgan fingerprint density at radius 2 is 1.96 bits per heavy atom. The Morgan fingerprint density at radius 1 is 1.19 bits per heavy atom. The molecule has 1 saturated carbocycles. The number of halogens is 1. The zero-order valence-electron chi connectivity index (χ0n) is 15.4. The van der Waals surface area contributed by atoms with E-state index in [-0.39, 0.29) is 29.7 Å². The average Bonchev–Trinajstić information content (AvgIpc) is 3.41. The highest BCUT2D eigenvalue weighted by atomic mass is 19.1. The molecule has 0 aromatic heterocycles. The second-order valence-electron chi connectivity index (χ2n) is 7.34. The Kier molecular flexibility index (Phi) is 4.68. The molecule has 4 nitrogen and oxygen atoms in total. The molecule has 4 rings (SSSR count). The van der Waals surface area contributed by atoms with Crippen LogP contribution in [0.5, 0.6) is 0 Å². The van der Waals surface area contributed by atoms with Crippen LogP contribution in [0.15, 0.2) is 48.5 Å². The number of hydrogen-bond donors (Lipinski definition) is 0. The number of carbonyl (C=O) groups is 2. The number of benzene rings is 2. The molecule has 2 aromatic rings. The first kappa shape index (κ1) is 17.7. The van der Waals surface area contributed by atoms with Gasteiger partial charge in [-0.15, -0.1) is 0 Å². The fourth-order valence-corrected chi connectivity index (χ4v) is 3.85. The highest BCUT2D eigenvalue weighted by Gasteiger charge is 2.37. The molecule has 2 amide bonds. The first-order valence-corrected chi connectivity index (χ1v) is 9.54. The molecule has 1 unspecified atom stereocenters. The van der Waals surface area contributed by atoms with Crippen LogP contribution in [0.1, 0.15) is 54.6 Å². The van der Waals surface area contributed by atoms with E-state index in [2.05, 4.69) is 0 Å². The summed E-state index contributed by atoms with van der Waals surface area (Å²) < 4.78 is 14.3. The molecular formula is C22H23FN2O2. The predicted molar refractivity (Wildman–Crippen MR) is 102 cm³/mol. The van der Waals surface area contributed by atoms with Crippen LogP contribution in [0.3, 0.4) is 0 Å². The Morgan fingerprint density at radius 3 is 2.63 bits per heavy atom. The zero-order chi connectivity index (χ0) is 19.0. The van der Waals surface area contributed by atoms with E-state index in [9.17, 15) is 14.0 Å². The first-order chi connectivity index (χ1) is 13.1. The molecule has 1 heterocycles. The van der Waals surface area contributed by atoms with Crippen LogP contribution in [0, 0.1) is 5.82 Å². The minimum absolute atomic E-state index is 0.0957. The van der Waals surface area contributed by atoms with Crippen molar-refractivity contribution in [2.45, 2.75) is 44.7 Å². The maximum Gasteiger partial charge on any atom is 0.254 e. The van der Waals surface area contributed by atoms with Crippen molar-refractivity contribution in [2.24, 2.45) is 0 Å². The van der Waals surface area contributed by atoms with Gasteiger partial charge in [-0.2, -0.15) is 0 Å². The van der Waals surface area contributed by atoms with E-state index in [1.54, 1.807) is 40.1 Å². The molecule has 2 aromatic carbocycles. The third-order valence-corrected chi connectivity index (χ3v) is 5.43. The summed E-state index contributed by atoms with van der Waals surface area (Å²) in [6.07, 6.45) is 3.27. The van der Waals surface area contributed by atoms with Crippen LogP contribution in [0.2, 0.25) is 0 Å². The third kappa shape index (κ3) is 3.46. The summed E-state index contributed by atoms with van der Waals surface area (Å²) in [7, 11) is 0. The lowest BCUT2D eigenvalue weighted by molar-refractivity contribution is -0.117. The van der Waals surface area contributed by atoms with Gasteiger partial charge in [0.1, 0.15) is 5.82 Å². The molecule has 1 aliphatic heterocycles. The lowest BCUT2D eigenvalue weighted by Gasteiger charge is -2.30. The second-order valence-corrected chi connectivity index (χ2v) is 7.34. The summed E-state index contributed by atoms with van der Waals surface area (Å²) >= 11 is 0. The van der Waals surface area contributed by atoms with Gasteiger partial charge in [0.25, 0.3) is 5.91 Å². The van der Waals surface area contributed by atoms with Crippen LogP contribution < -0.4 is 4.90 Å². The smallest absolute Gasteiger partial charge is 0.254 e. The molecule has 1 saturated heterocycles. The normalized spacial score (nSPS) is 17.9. The molecule has 2 aliphatic rings. The fourth-order valence-electron chi connectivity index (χ4n) is 3.85. The summed E-state index contributed by atoms with van der Waals surface area (Å²) in [5, 5.41) is 0. The van der Waals surface area contributed by atoms with Crippen LogP contribution in [0.4, 0.5) is 10.1 Å². The van der Waals surface area contributed by atoms with E-state index in [0.29, 0.717) is 24.1 Å². The van der Waals surface area contributed by atoms with E-state index < -0.39 is 0 Å². The van der Waals surface area contributed by atoms with E-state index in [0.717, 1.165) is 24.9 Å². The number of amides is 2. The van der Waals surface area contributed by atoms with Gasteiger partial charge in [0.2, 0.25) is 5.91 Å². The molecule has 1 atom stereocenters. The summed E-state index contributed by atoms with van der Waals surface area (Å²) in [6, 6.07) is 13.7. The van der Waals surface area contributed by atoms with Gasteiger partial charge in [-0.05, 0) is 50.5 Å². The van der Waals surface area contributed by atoms with Crippen LogP contribution >= 0.6 is 0 Å². The Labute approximate surface area is 158 Å². The number of nitrogens with zero attached hydrogens (tertiary/aromatic N) is 2. The lowest BCUT2D eigenvalue weighted by Crippen LogP contribution is -2.36. The average molecular weight is 366 g/mol. The molecule has 0 radical (unpaired) electrons. The maximum atomic E-state index is 14.3. The van der Waals surface area contributed by atoms with Gasteiger partial charge in [-0.3, -0.25) is 9.59 Å². The molecule has 1 aliphatic carbocycles. The fraction of sp³-hybridized carbons (Fsp3) is 0.364. The van der Waals surface area contributed by atoms with Gasteiger partial charge in [0.15, 0.2) is 0 Å². The van der Waals surface area contributed by atoms with Gasteiger partial charge in [-0.25, -0.2) is 4.39 Å². The quantitative estimate of drug-likeness (QED) is 0.791. The third-order valence-electron chi connectivity index (χ3n) is 5.43. The largest absolute Gasteiger partial charge is 0.329 e. The van der Waals surface area contributed by atoms with Crippen LogP contribution in [-0.2, 0) is 4.79 Å². The SMILES string of the molecule is CC(c1ccccc1F)N(C(=O)c1cccc(N2CCCC2=O)c1)C1CC1. The first-order valence-electron chi connectivity index (χ1n) is 9.54. The van der Waals surface area contributed by atoms with E-state index in [1.807, 2.05) is 19.1 Å². The van der Waals surface area contributed by atoms with E-state index in [1.165, 1.54) is 6.07 Å². The highest BCUT2D eigenvalue weighted by Crippen LogP contribution is 2.36. The van der Waals surface area contributed by atoms with E-state index >= 15 is 0 Å². The monoisotopic (exact) mass is 366 g/mol. The number of anilines is 1. The summed E-state index contributed by atoms with van der Waals surface area (Å²) in [6.45, 7) is 2.57. The highest BCUT2D eigenvalue weighted by molar-refractivity contribution is 5.99. The number of hydrogen-bond acceptors (Lipinski definition) is 2. The topological polar surface area (TPSA) is 40.6 Å². The predicted octanol–water partition coefficient (Wildman–Crippen LogP) is 4.32. The van der Waals surface area contributed by atoms with Crippen molar-refractivity contribution in [3.8, 4) is 0 Å². The van der Waals surface area contributed by atoms with Crippen LogP contribution in [0.25, 0.3) is 0 Å². The molecule has 0 spiro atoms. The molecule has 0 N–H and O–H groups in total. The number of rotatable bonds is 5. The van der Waals surface area contributed by atoms with Crippen molar-refractivity contribution in [3.63, 3.8) is 0 Å². The molecule has 27 heavy (non-hydrogen) atoms. The van der Waals surface area contributed by atoms with Crippen molar-refractivity contribution in [3.05, 3.63) is 65.5 Å². The Bertz CT molecular complexity index is 878. The molecule has 2 fully saturated rings. The van der Waals surface area contributed by atoms with Crippen LogP contribution in [-0.4, -0.2) is 29.3 Å². The van der Waals surface area contributed by atoms with Gasteiger partial charge in [0.05, 0.1) is 6.04 Å². The molecule has 0 bridgehead atoms. The summed E-state index contributed by atoms with van der Waals surface area (Å²) in [5.41, 5.74) is 1.84. The lowest BCUT2D eigenvalue weighted by atomic mass is 10.0. The summed E-state index contributed by atoms with van der Waals surface area (Å²) in [5.74, 6) is -0.306. The zero-order valence-corrected chi connectivity index (χ0v) is 15.4. The van der Waals surface area contributed by atoms with E-state index in [4.69, 9.17) is 0 Å². The second kappa shape index (κ2) is 7.14. The standard InChI is InChI=1S/C22H23FN2O2/c1-15(19-8-2-3-9-20(19)23)25(17-11-12-17)22(27)16-6-4-7-18(14-16)24-13-5-10-21(24)26/h2-4,6-9,14-15,17H,5,10-13H2,1H3. The van der Waals surface area contributed by atoms with Gasteiger partial charge < -0.3 is 9.80 Å². The maximum absolute atomic E-state index is 14.3. The van der Waals surface area contributed by atoms with Crippen molar-refractivity contribution in [1.82, 2.24) is 4.90 Å².